The van der Waals surface area contributed by atoms with Gasteiger partial charge in [-0.05, 0) is 62.2 Å². The second-order valence-corrected chi connectivity index (χ2v) is 8.26. The Morgan fingerprint density at radius 3 is 2.81 bits per heavy atom. The zero-order valence-corrected chi connectivity index (χ0v) is 16.0. The first-order valence-corrected chi connectivity index (χ1v) is 10.2. The van der Waals surface area contributed by atoms with Crippen LogP contribution in [0.4, 0.5) is 4.39 Å². The minimum absolute atomic E-state index is 0.297. The summed E-state index contributed by atoms with van der Waals surface area (Å²) < 4.78 is 15.6. The molecular weight excluding hydrogens is 369 g/mol. The van der Waals surface area contributed by atoms with Gasteiger partial charge in [0.25, 0.3) is 0 Å². The Bertz CT molecular complexity index is 905. The van der Waals surface area contributed by atoms with Crippen molar-refractivity contribution in [2.45, 2.75) is 36.2 Å². The number of aryl methyl sites for hydroxylation is 2. The molecule has 136 valence electrons. The number of para-hydroxylation sites is 2. The van der Waals surface area contributed by atoms with Crippen molar-refractivity contribution in [3.8, 4) is 0 Å². The van der Waals surface area contributed by atoms with Gasteiger partial charge in [-0.15, -0.1) is 0 Å². The van der Waals surface area contributed by atoms with E-state index in [0.717, 1.165) is 60.7 Å². The van der Waals surface area contributed by atoms with Crippen molar-refractivity contribution >= 4 is 34.4 Å². The van der Waals surface area contributed by atoms with Crippen LogP contribution in [0, 0.1) is 5.82 Å². The summed E-state index contributed by atoms with van der Waals surface area (Å²) in [6.45, 7) is 2.92. The summed E-state index contributed by atoms with van der Waals surface area (Å²) in [6.07, 6.45) is 3.08. The van der Waals surface area contributed by atoms with E-state index >= 15 is 0 Å². The van der Waals surface area contributed by atoms with Gasteiger partial charge in [0, 0.05) is 16.8 Å². The molecule has 2 heterocycles. The number of benzene rings is 2. The highest BCUT2D eigenvalue weighted by Gasteiger charge is 2.19. The van der Waals surface area contributed by atoms with E-state index in [1.165, 1.54) is 12.1 Å². The molecule has 1 N–H and O–H groups in total. The summed E-state index contributed by atoms with van der Waals surface area (Å²) in [5.74, 6) is -0.297. The largest absolute Gasteiger partial charge is 0.319 e. The number of piperidine rings is 1. The van der Waals surface area contributed by atoms with Crippen LogP contribution in [0.1, 0.15) is 18.4 Å². The molecule has 1 aromatic heterocycles. The summed E-state index contributed by atoms with van der Waals surface area (Å²) in [4.78, 5) is 4.87. The first kappa shape index (κ1) is 17.8. The van der Waals surface area contributed by atoms with E-state index in [0.29, 0.717) is 10.3 Å². The third kappa shape index (κ3) is 3.90. The molecule has 1 aliphatic rings. The molecule has 0 spiro atoms. The summed E-state index contributed by atoms with van der Waals surface area (Å²) in [7, 11) is 0. The van der Waals surface area contributed by atoms with Crippen molar-refractivity contribution in [1.82, 2.24) is 14.9 Å². The molecule has 6 heteroatoms. The van der Waals surface area contributed by atoms with Gasteiger partial charge in [0.05, 0.1) is 11.0 Å². The van der Waals surface area contributed by atoms with Gasteiger partial charge in [0.15, 0.2) is 5.16 Å². The lowest BCUT2D eigenvalue weighted by atomic mass is 10.1. The first-order chi connectivity index (χ1) is 12.7. The fourth-order valence-electron chi connectivity index (χ4n) is 3.38. The van der Waals surface area contributed by atoms with Gasteiger partial charge in [0.2, 0.25) is 0 Å². The molecule has 2 aromatic carbocycles. The summed E-state index contributed by atoms with van der Waals surface area (Å²) in [6, 6.07) is 12.9. The van der Waals surface area contributed by atoms with Crippen LogP contribution in [0.5, 0.6) is 0 Å². The van der Waals surface area contributed by atoms with Crippen LogP contribution in [-0.2, 0) is 13.0 Å². The van der Waals surface area contributed by atoms with Crippen molar-refractivity contribution in [2.24, 2.45) is 0 Å². The molecule has 3 nitrogen and oxygen atoms in total. The highest BCUT2D eigenvalue weighted by atomic mass is 35.5. The van der Waals surface area contributed by atoms with Crippen molar-refractivity contribution in [1.29, 1.82) is 0 Å². The number of nitrogens with zero attached hydrogens (tertiary/aromatic N) is 2. The van der Waals surface area contributed by atoms with E-state index in [-0.39, 0.29) is 5.82 Å². The Kier molecular flexibility index (Phi) is 5.48. The fourth-order valence-corrected chi connectivity index (χ4v) is 4.88. The average molecular weight is 390 g/mol. The number of imidazole rings is 1. The molecule has 0 aliphatic carbocycles. The van der Waals surface area contributed by atoms with Crippen LogP contribution in [0.2, 0.25) is 5.02 Å². The molecule has 0 amide bonds. The molecule has 4 rings (SSSR count). The van der Waals surface area contributed by atoms with Crippen LogP contribution in [-0.4, -0.2) is 27.9 Å². The standard InChI is InChI=1S/C20H21ClFN3S/c21-17-13-15(22)6-5-14(17)9-12-25-19-4-2-1-3-18(19)24-20(25)26-16-7-10-23-11-8-16/h1-6,13,16,23H,7-12H2. The van der Waals surface area contributed by atoms with Crippen molar-refractivity contribution in [3.05, 3.63) is 58.9 Å². The van der Waals surface area contributed by atoms with Crippen molar-refractivity contribution < 1.29 is 4.39 Å². The van der Waals surface area contributed by atoms with Gasteiger partial charge >= 0.3 is 0 Å². The molecule has 1 aliphatic heterocycles. The highest BCUT2D eigenvalue weighted by Crippen LogP contribution is 2.31. The number of hydrogen-bond donors (Lipinski definition) is 1. The second-order valence-electron chi connectivity index (χ2n) is 6.59. The predicted molar refractivity (Wildman–Crippen MR) is 107 cm³/mol. The molecule has 0 saturated carbocycles. The van der Waals surface area contributed by atoms with E-state index in [2.05, 4.69) is 22.0 Å². The van der Waals surface area contributed by atoms with Crippen molar-refractivity contribution in [3.63, 3.8) is 0 Å². The predicted octanol–water partition coefficient (Wildman–Crippen LogP) is 4.92. The topological polar surface area (TPSA) is 29.9 Å². The molecule has 1 fully saturated rings. The van der Waals surface area contributed by atoms with E-state index in [4.69, 9.17) is 16.6 Å². The van der Waals surface area contributed by atoms with Crippen LogP contribution in [0.25, 0.3) is 11.0 Å². The molecule has 0 atom stereocenters. The zero-order chi connectivity index (χ0) is 17.9. The summed E-state index contributed by atoms with van der Waals surface area (Å²) in [5, 5.41) is 5.57. The van der Waals surface area contributed by atoms with Gasteiger partial charge in [0.1, 0.15) is 5.82 Å². The SMILES string of the molecule is Fc1ccc(CCn2c(SC3CCNCC3)nc3ccccc32)c(Cl)c1. The number of hydrogen-bond acceptors (Lipinski definition) is 3. The van der Waals surface area contributed by atoms with Crippen LogP contribution < -0.4 is 5.32 Å². The highest BCUT2D eigenvalue weighted by molar-refractivity contribution is 7.99. The van der Waals surface area contributed by atoms with Gasteiger partial charge in [-0.2, -0.15) is 0 Å². The molecule has 26 heavy (non-hydrogen) atoms. The van der Waals surface area contributed by atoms with Gasteiger partial charge in [-0.25, -0.2) is 9.37 Å². The Morgan fingerprint density at radius 2 is 2.00 bits per heavy atom. The third-order valence-electron chi connectivity index (χ3n) is 4.80. The first-order valence-electron chi connectivity index (χ1n) is 8.97. The third-order valence-corrected chi connectivity index (χ3v) is 6.48. The Morgan fingerprint density at radius 1 is 1.19 bits per heavy atom. The quantitative estimate of drug-likeness (QED) is 0.672. The number of rotatable bonds is 5. The van der Waals surface area contributed by atoms with E-state index in [9.17, 15) is 4.39 Å². The van der Waals surface area contributed by atoms with E-state index in [1.807, 2.05) is 23.9 Å². The van der Waals surface area contributed by atoms with Crippen molar-refractivity contribution in [2.75, 3.05) is 13.1 Å². The number of thioether (sulfide) groups is 1. The molecule has 0 unspecified atom stereocenters. The molecular formula is C20H21ClFN3S. The maximum Gasteiger partial charge on any atom is 0.169 e. The van der Waals surface area contributed by atoms with E-state index in [1.54, 1.807) is 6.07 Å². The Balaban J connectivity index is 1.60. The minimum Gasteiger partial charge on any atom is -0.319 e. The van der Waals surface area contributed by atoms with Crippen LogP contribution in [0.3, 0.4) is 0 Å². The Labute approximate surface area is 161 Å². The molecule has 0 radical (unpaired) electrons. The number of halogens is 2. The number of nitrogens with one attached hydrogen (secondary N) is 1. The summed E-state index contributed by atoms with van der Waals surface area (Å²) in [5.41, 5.74) is 3.12. The number of aromatic nitrogens is 2. The maximum atomic E-state index is 13.3. The monoisotopic (exact) mass is 389 g/mol. The van der Waals surface area contributed by atoms with Crippen LogP contribution >= 0.6 is 23.4 Å². The lowest BCUT2D eigenvalue weighted by Crippen LogP contribution is -2.29. The lowest BCUT2D eigenvalue weighted by Gasteiger charge is -2.22. The molecule has 1 saturated heterocycles. The number of fused-ring (bicyclic) bond motifs is 1. The lowest BCUT2D eigenvalue weighted by molar-refractivity contribution is 0.529. The Hall–Kier alpha value is -1.56. The zero-order valence-electron chi connectivity index (χ0n) is 14.4. The molecule has 0 bridgehead atoms. The second kappa shape index (κ2) is 7.99. The summed E-state index contributed by atoms with van der Waals surface area (Å²) >= 11 is 8.08. The molecule has 3 aromatic rings. The van der Waals surface area contributed by atoms with Crippen LogP contribution in [0.15, 0.2) is 47.6 Å². The maximum absolute atomic E-state index is 13.3. The fraction of sp³-hybridized carbons (Fsp3) is 0.350. The van der Waals surface area contributed by atoms with Gasteiger partial charge < -0.3 is 9.88 Å². The average Bonchev–Trinajstić information content (AvgIpc) is 2.99. The smallest absolute Gasteiger partial charge is 0.169 e. The minimum atomic E-state index is -0.297. The van der Waals surface area contributed by atoms with Gasteiger partial charge in [-0.1, -0.05) is 41.6 Å². The van der Waals surface area contributed by atoms with E-state index < -0.39 is 0 Å². The van der Waals surface area contributed by atoms with Gasteiger partial charge in [-0.3, -0.25) is 0 Å². The normalized spacial score (nSPS) is 15.6.